The maximum atomic E-state index is 13.1. The highest BCUT2D eigenvalue weighted by Gasteiger charge is 2.17. The van der Waals surface area contributed by atoms with Gasteiger partial charge in [-0.2, -0.15) is 5.10 Å². The number of hydrogen-bond donors (Lipinski definition) is 0. The summed E-state index contributed by atoms with van der Waals surface area (Å²) in [6.07, 6.45) is 0.699. The van der Waals surface area contributed by atoms with Crippen molar-refractivity contribution >= 4 is 5.78 Å². The van der Waals surface area contributed by atoms with Crippen LogP contribution in [0.25, 0.3) is 0 Å². The Hall–Kier alpha value is -2.04. The molecule has 0 spiro atoms. The fourth-order valence-electron chi connectivity index (χ4n) is 1.90. The van der Waals surface area contributed by atoms with E-state index in [4.69, 9.17) is 0 Å². The first-order chi connectivity index (χ1) is 9.05. The summed E-state index contributed by atoms with van der Waals surface area (Å²) in [7, 11) is 0. The molecule has 2 rings (SSSR count). The average molecular weight is 264 g/mol. The van der Waals surface area contributed by atoms with Crippen LogP contribution in [0.4, 0.5) is 8.78 Å². The van der Waals surface area contributed by atoms with Gasteiger partial charge in [-0.15, -0.1) is 0 Å². The van der Waals surface area contributed by atoms with Gasteiger partial charge in [0.2, 0.25) is 5.78 Å². The third-order valence-corrected chi connectivity index (χ3v) is 2.85. The maximum Gasteiger partial charge on any atom is 0.211 e. The summed E-state index contributed by atoms with van der Waals surface area (Å²) in [6.45, 7) is 4.31. The molecule has 0 aliphatic rings. The minimum Gasteiger partial charge on any atom is -0.287 e. The Labute approximate surface area is 109 Å². The van der Waals surface area contributed by atoms with Crippen molar-refractivity contribution in [3.05, 3.63) is 52.9 Å². The molecular formula is C14H14F2N2O. The third kappa shape index (κ3) is 2.70. The first kappa shape index (κ1) is 13.4. The van der Waals surface area contributed by atoms with Crippen LogP contribution in [0.2, 0.25) is 0 Å². The lowest BCUT2D eigenvalue weighted by molar-refractivity contribution is 0.102. The molecule has 0 saturated heterocycles. The summed E-state index contributed by atoms with van der Waals surface area (Å²) in [4.78, 5) is 12.3. The average Bonchev–Trinajstić information content (AvgIpc) is 2.80. The Bertz CT molecular complexity index is 600. The quantitative estimate of drug-likeness (QED) is 0.796. The molecule has 3 nitrogen and oxygen atoms in total. The molecule has 0 aliphatic carbocycles. The van der Waals surface area contributed by atoms with Crippen molar-refractivity contribution in [1.82, 2.24) is 9.78 Å². The lowest BCUT2D eigenvalue weighted by Crippen LogP contribution is -2.11. The number of aromatic nitrogens is 2. The van der Waals surface area contributed by atoms with Gasteiger partial charge in [0.15, 0.2) is 0 Å². The lowest BCUT2D eigenvalue weighted by Gasteiger charge is -2.04. The topological polar surface area (TPSA) is 34.9 Å². The molecule has 0 atom stereocenters. The van der Waals surface area contributed by atoms with Gasteiger partial charge >= 0.3 is 0 Å². The van der Waals surface area contributed by atoms with E-state index in [1.54, 1.807) is 10.7 Å². The van der Waals surface area contributed by atoms with Gasteiger partial charge in [-0.05, 0) is 31.5 Å². The number of rotatable bonds is 4. The molecule has 1 heterocycles. The molecule has 0 fully saturated rings. The largest absolute Gasteiger partial charge is 0.287 e. The van der Waals surface area contributed by atoms with Crippen molar-refractivity contribution in [2.45, 2.75) is 26.8 Å². The fourth-order valence-corrected chi connectivity index (χ4v) is 1.90. The molecule has 5 heteroatoms. The predicted molar refractivity (Wildman–Crippen MR) is 67.1 cm³/mol. The van der Waals surface area contributed by atoms with Crippen LogP contribution < -0.4 is 0 Å². The molecule has 1 aromatic carbocycles. The van der Waals surface area contributed by atoms with E-state index in [-0.39, 0.29) is 5.56 Å². The summed E-state index contributed by atoms with van der Waals surface area (Å²) in [5, 5.41) is 4.25. The molecule has 0 saturated carbocycles. The number of aryl methyl sites for hydroxylation is 2. The minimum atomic E-state index is -0.762. The summed E-state index contributed by atoms with van der Waals surface area (Å²) in [6, 6.07) is 4.47. The number of carbonyl (C=O) groups excluding carboxylic acids is 1. The van der Waals surface area contributed by atoms with Gasteiger partial charge in [0.25, 0.3) is 0 Å². The van der Waals surface area contributed by atoms with Gasteiger partial charge in [0, 0.05) is 18.2 Å². The second-order valence-electron chi connectivity index (χ2n) is 4.18. The van der Waals surface area contributed by atoms with Crippen LogP contribution >= 0.6 is 0 Å². The Morgan fingerprint density at radius 3 is 2.32 bits per heavy atom. The Morgan fingerprint density at radius 1 is 1.16 bits per heavy atom. The molecule has 0 aliphatic heterocycles. The van der Waals surface area contributed by atoms with Gasteiger partial charge in [-0.1, -0.05) is 6.92 Å². The normalized spacial score (nSPS) is 10.7. The number of benzene rings is 1. The predicted octanol–water partition coefficient (Wildman–Crippen LogP) is 2.97. The summed E-state index contributed by atoms with van der Waals surface area (Å²) >= 11 is 0. The van der Waals surface area contributed by atoms with E-state index >= 15 is 0 Å². The van der Waals surface area contributed by atoms with Gasteiger partial charge in [-0.25, -0.2) is 8.78 Å². The summed E-state index contributed by atoms with van der Waals surface area (Å²) < 4.78 is 27.8. The zero-order valence-corrected chi connectivity index (χ0v) is 10.8. The number of carbonyl (C=O) groups is 1. The van der Waals surface area contributed by atoms with E-state index in [0.717, 1.165) is 23.9 Å². The number of ketones is 1. The molecule has 100 valence electrons. The SMILES string of the molecule is CCc1cc(C(=O)c2cc(F)cc(F)c2)n(CC)n1. The standard InChI is InChI=1S/C14H14F2N2O/c1-3-12-8-13(18(4-2)17-12)14(19)9-5-10(15)7-11(16)6-9/h5-8H,3-4H2,1-2H3. The molecule has 0 radical (unpaired) electrons. The number of nitrogens with zero attached hydrogens (tertiary/aromatic N) is 2. The van der Waals surface area contributed by atoms with Crippen LogP contribution in [0.15, 0.2) is 24.3 Å². The van der Waals surface area contributed by atoms with Crippen molar-refractivity contribution in [3.8, 4) is 0 Å². The Balaban J connectivity index is 2.46. The zero-order chi connectivity index (χ0) is 14.0. The van der Waals surface area contributed by atoms with Gasteiger partial charge in [0.05, 0.1) is 5.69 Å². The van der Waals surface area contributed by atoms with E-state index in [1.165, 1.54) is 0 Å². The van der Waals surface area contributed by atoms with E-state index in [1.807, 2.05) is 13.8 Å². The molecule has 19 heavy (non-hydrogen) atoms. The minimum absolute atomic E-state index is 0.00486. The van der Waals surface area contributed by atoms with Gasteiger partial charge in [-0.3, -0.25) is 9.48 Å². The van der Waals surface area contributed by atoms with E-state index in [2.05, 4.69) is 5.10 Å². The second-order valence-corrected chi connectivity index (χ2v) is 4.18. The van der Waals surface area contributed by atoms with E-state index < -0.39 is 17.4 Å². The van der Waals surface area contributed by atoms with E-state index in [9.17, 15) is 13.6 Å². The fraction of sp³-hybridized carbons (Fsp3) is 0.286. The highest BCUT2D eigenvalue weighted by molar-refractivity contribution is 6.07. The number of hydrogen-bond acceptors (Lipinski definition) is 2. The lowest BCUT2D eigenvalue weighted by atomic mass is 10.1. The van der Waals surface area contributed by atoms with Crippen molar-refractivity contribution in [2.24, 2.45) is 0 Å². The molecule has 0 bridgehead atoms. The Kier molecular flexibility index (Phi) is 3.74. The maximum absolute atomic E-state index is 13.1. The molecule has 0 amide bonds. The number of halogens is 2. The van der Waals surface area contributed by atoms with Gasteiger partial charge in [0.1, 0.15) is 17.3 Å². The van der Waals surface area contributed by atoms with Crippen molar-refractivity contribution in [1.29, 1.82) is 0 Å². The van der Waals surface area contributed by atoms with Crippen LogP contribution in [0, 0.1) is 11.6 Å². The highest BCUT2D eigenvalue weighted by Crippen LogP contribution is 2.15. The summed E-state index contributed by atoms with van der Waals surface area (Å²) in [5.74, 6) is -1.95. The van der Waals surface area contributed by atoms with Crippen molar-refractivity contribution in [2.75, 3.05) is 0 Å². The molecule has 2 aromatic rings. The van der Waals surface area contributed by atoms with Crippen LogP contribution in [-0.2, 0) is 13.0 Å². The van der Waals surface area contributed by atoms with Gasteiger partial charge < -0.3 is 0 Å². The monoisotopic (exact) mass is 264 g/mol. The third-order valence-electron chi connectivity index (χ3n) is 2.85. The molecule has 1 aromatic heterocycles. The summed E-state index contributed by atoms with van der Waals surface area (Å²) in [5.41, 5.74) is 1.13. The van der Waals surface area contributed by atoms with Crippen molar-refractivity contribution in [3.63, 3.8) is 0 Å². The Morgan fingerprint density at radius 2 is 1.79 bits per heavy atom. The van der Waals surface area contributed by atoms with E-state index in [0.29, 0.717) is 18.7 Å². The molecular weight excluding hydrogens is 250 g/mol. The smallest absolute Gasteiger partial charge is 0.211 e. The van der Waals surface area contributed by atoms with Crippen LogP contribution in [0.5, 0.6) is 0 Å². The molecule has 0 unspecified atom stereocenters. The van der Waals surface area contributed by atoms with Crippen LogP contribution in [0.1, 0.15) is 35.6 Å². The second kappa shape index (κ2) is 5.30. The van der Waals surface area contributed by atoms with Crippen LogP contribution in [0.3, 0.4) is 0 Å². The first-order valence-electron chi connectivity index (χ1n) is 6.12. The van der Waals surface area contributed by atoms with Crippen LogP contribution in [-0.4, -0.2) is 15.6 Å². The van der Waals surface area contributed by atoms with Crippen molar-refractivity contribution < 1.29 is 13.6 Å². The zero-order valence-electron chi connectivity index (χ0n) is 10.8. The highest BCUT2D eigenvalue weighted by atomic mass is 19.1. The first-order valence-corrected chi connectivity index (χ1v) is 6.12. The molecule has 0 N–H and O–H groups in total.